The summed E-state index contributed by atoms with van der Waals surface area (Å²) >= 11 is 0. The third-order valence-electron chi connectivity index (χ3n) is 17.1. The van der Waals surface area contributed by atoms with E-state index in [1.165, 1.54) is 167 Å². The molecular weight excluding hydrogens is 1260 g/mol. The molecule has 3 N–H and O–H groups in total. The predicted octanol–water partition coefficient (Wildman–Crippen LogP) is 22.3. The minimum absolute atomic E-state index is 0.0924. The van der Waals surface area contributed by atoms with E-state index >= 15 is 0 Å². The van der Waals surface area contributed by atoms with Crippen LogP contribution < -0.4 is 0 Å². The number of carbonyl (C=O) groups is 4. The molecular formula is C77H144O17P2. The summed E-state index contributed by atoms with van der Waals surface area (Å²) in [6.45, 7) is 4.89. The van der Waals surface area contributed by atoms with Crippen LogP contribution in [-0.4, -0.2) is 96.7 Å². The first-order chi connectivity index (χ1) is 46.7. The fourth-order valence-corrected chi connectivity index (χ4v) is 12.7. The average Bonchev–Trinajstić information content (AvgIpc) is 1.14. The second-order valence-corrected chi connectivity index (χ2v) is 29.6. The first-order valence-electron chi connectivity index (χ1n) is 39.2. The lowest BCUT2D eigenvalue weighted by molar-refractivity contribution is -0.161. The molecule has 0 aromatic heterocycles. The normalized spacial score (nSPS) is 14.1. The molecule has 17 nitrogen and oxygen atoms in total. The fraction of sp³-hybridized carbons (Fsp3) is 0.870. The number of ether oxygens (including phenoxy) is 4. The zero-order chi connectivity index (χ0) is 70.4. The summed E-state index contributed by atoms with van der Waals surface area (Å²) in [7, 11) is -9.93. The number of rotatable bonds is 75. The van der Waals surface area contributed by atoms with Gasteiger partial charge in [0.05, 0.1) is 26.4 Å². The Morgan fingerprint density at radius 1 is 0.292 bits per heavy atom. The lowest BCUT2D eigenvalue weighted by Crippen LogP contribution is -2.30. The number of hydrogen-bond donors (Lipinski definition) is 3. The Bertz CT molecular complexity index is 1970. The molecule has 0 aliphatic rings. The molecule has 0 fully saturated rings. The maximum absolute atomic E-state index is 13.1. The van der Waals surface area contributed by atoms with Crippen LogP contribution in [0.2, 0.25) is 0 Å². The van der Waals surface area contributed by atoms with Gasteiger partial charge in [-0.05, 0) is 83.5 Å². The van der Waals surface area contributed by atoms with E-state index in [0.717, 1.165) is 128 Å². The Morgan fingerprint density at radius 3 is 0.812 bits per heavy atom. The van der Waals surface area contributed by atoms with E-state index < -0.39 is 97.5 Å². The van der Waals surface area contributed by atoms with Crippen LogP contribution in [0.5, 0.6) is 0 Å². The molecule has 0 heterocycles. The van der Waals surface area contributed by atoms with Crippen molar-refractivity contribution in [2.45, 2.75) is 393 Å². The number of phosphoric ester groups is 2. The summed E-state index contributed by atoms with van der Waals surface area (Å²) in [4.78, 5) is 72.8. The van der Waals surface area contributed by atoms with Crippen LogP contribution in [0, 0.1) is 0 Å². The second-order valence-electron chi connectivity index (χ2n) is 26.7. The first-order valence-corrected chi connectivity index (χ1v) is 42.2. The van der Waals surface area contributed by atoms with E-state index in [9.17, 15) is 43.2 Å². The number of unbranched alkanes of at least 4 members (excludes halogenated alkanes) is 43. The van der Waals surface area contributed by atoms with Gasteiger partial charge in [-0.25, -0.2) is 9.13 Å². The van der Waals surface area contributed by atoms with Gasteiger partial charge in [0.25, 0.3) is 0 Å². The quantitative estimate of drug-likeness (QED) is 0.0169. The number of esters is 4. The van der Waals surface area contributed by atoms with E-state index in [-0.39, 0.29) is 25.7 Å². The molecule has 0 saturated heterocycles. The number of aliphatic hydroxyl groups is 1. The zero-order valence-corrected chi connectivity index (χ0v) is 63.4. The highest BCUT2D eigenvalue weighted by molar-refractivity contribution is 7.47. The lowest BCUT2D eigenvalue weighted by atomic mass is 10.0. The van der Waals surface area contributed by atoms with Gasteiger partial charge in [-0.1, -0.05) is 302 Å². The van der Waals surface area contributed by atoms with Crippen molar-refractivity contribution < 1.29 is 80.2 Å². The summed E-state index contributed by atoms with van der Waals surface area (Å²) in [5.41, 5.74) is 0. The number of allylic oxidation sites excluding steroid dienone is 6. The van der Waals surface area contributed by atoms with Gasteiger partial charge in [0.15, 0.2) is 12.2 Å². The predicted molar refractivity (Wildman–Crippen MR) is 391 cm³/mol. The van der Waals surface area contributed by atoms with Gasteiger partial charge in [0.1, 0.15) is 19.3 Å². The molecule has 0 aliphatic carbocycles. The van der Waals surface area contributed by atoms with Gasteiger partial charge in [0.2, 0.25) is 0 Å². The fourth-order valence-electron chi connectivity index (χ4n) is 11.1. The Kier molecular flexibility index (Phi) is 68.7. The molecule has 0 saturated carbocycles. The average molecular weight is 1400 g/mol. The van der Waals surface area contributed by atoms with Crippen LogP contribution in [0.3, 0.4) is 0 Å². The topological polar surface area (TPSA) is 237 Å². The summed E-state index contributed by atoms with van der Waals surface area (Å²) in [5, 5.41) is 10.6. The van der Waals surface area contributed by atoms with Crippen molar-refractivity contribution in [2.24, 2.45) is 0 Å². The molecule has 0 bridgehead atoms. The standard InChI is InChI=1S/C77H144O17P2/c1-5-9-13-17-21-25-29-33-35-39-41-45-49-53-57-61-74(79)87-67-72(93-76(81)63-59-55-51-47-43-37-31-27-23-19-15-11-7-3)69-91-95(83,84)89-65-71(78)66-90-96(85,86)92-70-73(94-77(82)64-60-56-52-48-44-38-32-28-24-20-16-12-8-4)68-88-75(80)62-58-54-50-46-42-40-36-34-30-26-22-18-14-10-6-2/h21,25,28,32-33,35,71-73,78H,5-20,22-24,26-27,29-31,34,36-70H2,1-4H3,(H,83,84)(H,85,86)/b25-21-,32-28-,35-33-. The van der Waals surface area contributed by atoms with Crippen molar-refractivity contribution in [1.29, 1.82) is 0 Å². The molecule has 0 amide bonds. The van der Waals surface area contributed by atoms with E-state index in [1.54, 1.807) is 0 Å². The van der Waals surface area contributed by atoms with Crippen molar-refractivity contribution in [3.8, 4) is 0 Å². The summed E-state index contributed by atoms with van der Waals surface area (Å²) < 4.78 is 68.5. The van der Waals surface area contributed by atoms with E-state index in [4.69, 9.17) is 37.0 Å². The smallest absolute Gasteiger partial charge is 0.462 e. The van der Waals surface area contributed by atoms with Gasteiger partial charge in [-0.2, -0.15) is 0 Å². The molecule has 0 aromatic carbocycles. The lowest BCUT2D eigenvalue weighted by Gasteiger charge is -2.21. The zero-order valence-electron chi connectivity index (χ0n) is 61.6. The first kappa shape index (κ1) is 93.3. The van der Waals surface area contributed by atoms with Crippen LogP contribution in [0.15, 0.2) is 36.5 Å². The molecule has 96 heavy (non-hydrogen) atoms. The molecule has 0 rings (SSSR count). The molecule has 19 heteroatoms. The van der Waals surface area contributed by atoms with Gasteiger partial charge >= 0.3 is 39.5 Å². The molecule has 0 aromatic rings. The maximum atomic E-state index is 13.1. The third kappa shape index (κ3) is 69.7. The van der Waals surface area contributed by atoms with Crippen molar-refractivity contribution in [2.75, 3.05) is 39.6 Å². The van der Waals surface area contributed by atoms with Gasteiger partial charge < -0.3 is 33.8 Å². The number of aliphatic hydroxyl groups excluding tert-OH is 1. The van der Waals surface area contributed by atoms with Gasteiger partial charge in [-0.3, -0.25) is 37.3 Å². The Balaban J connectivity index is 5.30. The van der Waals surface area contributed by atoms with Crippen molar-refractivity contribution in [3.05, 3.63) is 36.5 Å². The highest BCUT2D eigenvalue weighted by atomic mass is 31.2. The minimum Gasteiger partial charge on any atom is -0.462 e. The van der Waals surface area contributed by atoms with Crippen molar-refractivity contribution in [1.82, 2.24) is 0 Å². The molecule has 564 valence electrons. The number of carbonyl (C=O) groups excluding carboxylic acids is 4. The summed E-state index contributed by atoms with van der Waals surface area (Å²) in [6.07, 6.45) is 65.5. The highest BCUT2D eigenvalue weighted by Crippen LogP contribution is 2.45. The number of hydrogen-bond acceptors (Lipinski definition) is 15. The summed E-state index contributed by atoms with van der Waals surface area (Å²) in [6, 6.07) is 0. The highest BCUT2D eigenvalue weighted by Gasteiger charge is 2.30. The molecule has 0 radical (unpaired) electrons. The van der Waals surface area contributed by atoms with Crippen LogP contribution in [0.25, 0.3) is 0 Å². The Labute approximate surface area is 585 Å². The monoisotopic (exact) mass is 1400 g/mol. The largest absolute Gasteiger partial charge is 0.472 e. The molecule has 5 atom stereocenters. The van der Waals surface area contributed by atoms with Crippen LogP contribution >= 0.6 is 15.6 Å². The van der Waals surface area contributed by atoms with Crippen LogP contribution in [0.4, 0.5) is 0 Å². The van der Waals surface area contributed by atoms with Crippen LogP contribution in [-0.2, 0) is 65.4 Å². The van der Waals surface area contributed by atoms with Gasteiger partial charge in [-0.15, -0.1) is 0 Å². The molecule has 0 spiro atoms. The second kappa shape index (κ2) is 70.7. The Morgan fingerprint density at radius 2 is 0.510 bits per heavy atom. The Hall–Kier alpha value is -2.72. The third-order valence-corrected chi connectivity index (χ3v) is 19.0. The molecule has 5 unspecified atom stereocenters. The number of phosphoric acid groups is 2. The van der Waals surface area contributed by atoms with E-state index in [0.29, 0.717) is 25.7 Å². The van der Waals surface area contributed by atoms with Crippen molar-refractivity contribution >= 4 is 39.5 Å². The van der Waals surface area contributed by atoms with Crippen molar-refractivity contribution in [3.63, 3.8) is 0 Å². The van der Waals surface area contributed by atoms with Gasteiger partial charge in [0, 0.05) is 25.7 Å². The molecule has 0 aliphatic heterocycles. The minimum atomic E-state index is -4.96. The van der Waals surface area contributed by atoms with E-state index in [1.807, 2.05) is 0 Å². The van der Waals surface area contributed by atoms with Crippen LogP contribution in [0.1, 0.15) is 374 Å². The maximum Gasteiger partial charge on any atom is 0.472 e. The SMILES string of the molecule is CCCCC/C=C\C/C=C\CCCCCCCC(=O)OCC(COP(=O)(O)OCC(O)COP(=O)(O)OCC(COC(=O)CCCCCCCCCCCCCCCCC)OC(=O)CCCCCCC/C=C\CCCCCC)OC(=O)CCCCCCCCCCCCCCC. The van der Waals surface area contributed by atoms with E-state index in [2.05, 4.69) is 64.2 Å². The summed E-state index contributed by atoms with van der Waals surface area (Å²) in [5.74, 6) is -2.16.